The first-order chi connectivity index (χ1) is 8.74. The number of aliphatic hydroxyl groups excluding tert-OH is 1. The number of hydrogen-bond donors (Lipinski definition) is 2. The van der Waals surface area contributed by atoms with Gasteiger partial charge in [-0.1, -0.05) is 24.3 Å². The minimum Gasteiger partial charge on any atom is -0.389 e. The Morgan fingerprint density at radius 3 is 2.94 bits per heavy atom. The van der Waals surface area contributed by atoms with E-state index in [1.807, 2.05) is 48.0 Å². The molecule has 4 nitrogen and oxygen atoms in total. The van der Waals surface area contributed by atoms with Crippen LogP contribution in [-0.2, 0) is 7.05 Å². The molecule has 0 bridgehead atoms. The third-order valence-electron chi connectivity index (χ3n) is 3.12. The molecule has 0 fully saturated rings. The van der Waals surface area contributed by atoms with E-state index in [2.05, 4.69) is 10.3 Å². The van der Waals surface area contributed by atoms with E-state index in [4.69, 9.17) is 0 Å². The molecule has 3 rings (SSSR count). The lowest BCUT2D eigenvalue weighted by molar-refractivity contribution is 0.225. The molecule has 0 saturated heterocycles. The van der Waals surface area contributed by atoms with Crippen molar-refractivity contribution in [3.63, 3.8) is 0 Å². The standard InChI is InChI=1S/C14H15N3O/c1-17-13-5-3-2-4-12(13)16-14(17)15-10-6-8-11(18)9-7-10/h2-8,11,18H,9H2,1H3,(H,15,16). The third kappa shape index (κ3) is 1.91. The molecule has 2 aromatic rings. The summed E-state index contributed by atoms with van der Waals surface area (Å²) in [5.74, 6) is 0.809. The molecule has 0 spiro atoms. The van der Waals surface area contributed by atoms with Crippen LogP contribution in [0, 0.1) is 0 Å². The fraction of sp³-hybridized carbons (Fsp3) is 0.214. The second-order valence-corrected chi connectivity index (χ2v) is 4.43. The van der Waals surface area contributed by atoms with Crippen molar-refractivity contribution >= 4 is 17.0 Å². The number of aryl methyl sites for hydroxylation is 1. The molecule has 0 aliphatic heterocycles. The normalized spacial score (nSPS) is 19.0. The molecule has 0 amide bonds. The van der Waals surface area contributed by atoms with Crippen molar-refractivity contribution in [3.8, 4) is 0 Å². The first-order valence-electron chi connectivity index (χ1n) is 5.99. The second-order valence-electron chi connectivity index (χ2n) is 4.43. The van der Waals surface area contributed by atoms with E-state index < -0.39 is 0 Å². The van der Waals surface area contributed by atoms with Gasteiger partial charge in [0.05, 0.1) is 17.1 Å². The van der Waals surface area contributed by atoms with Crippen LogP contribution in [0.2, 0.25) is 0 Å². The van der Waals surface area contributed by atoms with E-state index in [0.717, 1.165) is 22.7 Å². The zero-order valence-corrected chi connectivity index (χ0v) is 10.2. The van der Waals surface area contributed by atoms with Gasteiger partial charge in [-0.15, -0.1) is 0 Å². The molecule has 1 aromatic heterocycles. The van der Waals surface area contributed by atoms with Gasteiger partial charge < -0.3 is 15.0 Å². The first-order valence-corrected chi connectivity index (χ1v) is 5.99. The number of imidazole rings is 1. The van der Waals surface area contributed by atoms with Crippen molar-refractivity contribution in [2.75, 3.05) is 5.32 Å². The number of hydrogen-bond acceptors (Lipinski definition) is 3. The van der Waals surface area contributed by atoms with Gasteiger partial charge in [0.25, 0.3) is 0 Å². The highest BCUT2D eigenvalue weighted by molar-refractivity contribution is 5.78. The topological polar surface area (TPSA) is 50.1 Å². The van der Waals surface area contributed by atoms with Gasteiger partial charge in [-0.3, -0.25) is 0 Å². The smallest absolute Gasteiger partial charge is 0.208 e. The van der Waals surface area contributed by atoms with Crippen LogP contribution in [0.3, 0.4) is 0 Å². The lowest BCUT2D eigenvalue weighted by Gasteiger charge is -2.12. The van der Waals surface area contributed by atoms with Crippen molar-refractivity contribution in [3.05, 3.63) is 48.2 Å². The van der Waals surface area contributed by atoms with E-state index in [0.29, 0.717) is 6.42 Å². The Morgan fingerprint density at radius 2 is 2.22 bits per heavy atom. The van der Waals surface area contributed by atoms with Crippen LogP contribution in [0.15, 0.2) is 48.2 Å². The average molecular weight is 241 g/mol. The molecular formula is C14H15N3O. The number of allylic oxidation sites excluding steroid dienone is 1. The zero-order valence-electron chi connectivity index (χ0n) is 10.2. The number of nitrogens with zero attached hydrogens (tertiary/aromatic N) is 2. The highest BCUT2D eigenvalue weighted by atomic mass is 16.3. The van der Waals surface area contributed by atoms with E-state index >= 15 is 0 Å². The number of aromatic nitrogens is 2. The van der Waals surface area contributed by atoms with Crippen LogP contribution in [-0.4, -0.2) is 20.8 Å². The molecule has 2 N–H and O–H groups in total. The number of nitrogens with one attached hydrogen (secondary N) is 1. The Kier molecular flexibility index (Phi) is 2.64. The molecule has 0 saturated carbocycles. The van der Waals surface area contributed by atoms with Crippen LogP contribution in [0.5, 0.6) is 0 Å². The first kappa shape index (κ1) is 11.0. The van der Waals surface area contributed by atoms with Crippen molar-refractivity contribution < 1.29 is 5.11 Å². The molecule has 1 heterocycles. The number of para-hydroxylation sites is 2. The van der Waals surface area contributed by atoms with E-state index in [-0.39, 0.29) is 6.10 Å². The fourth-order valence-corrected chi connectivity index (χ4v) is 2.09. The number of rotatable bonds is 2. The van der Waals surface area contributed by atoms with Crippen molar-refractivity contribution in [2.45, 2.75) is 12.5 Å². The summed E-state index contributed by atoms with van der Waals surface area (Å²) in [6.07, 6.45) is 5.92. The van der Waals surface area contributed by atoms with Gasteiger partial charge in [-0.05, 0) is 24.6 Å². The Morgan fingerprint density at radius 1 is 1.39 bits per heavy atom. The van der Waals surface area contributed by atoms with Crippen molar-refractivity contribution in [1.29, 1.82) is 0 Å². The van der Waals surface area contributed by atoms with Crippen LogP contribution in [0.1, 0.15) is 6.42 Å². The molecule has 4 heteroatoms. The molecule has 0 radical (unpaired) electrons. The molecule has 1 atom stereocenters. The highest BCUT2D eigenvalue weighted by Crippen LogP contribution is 2.20. The fourth-order valence-electron chi connectivity index (χ4n) is 2.09. The maximum absolute atomic E-state index is 9.38. The molecule has 92 valence electrons. The molecule has 1 aliphatic carbocycles. The van der Waals surface area contributed by atoms with Gasteiger partial charge >= 0.3 is 0 Å². The maximum Gasteiger partial charge on any atom is 0.208 e. The summed E-state index contributed by atoms with van der Waals surface area (Å²) in [4.78, 5) is 4.54. The minimum atomic E-state index is -0.365. The molecule has 1 aromatic carbocycles. The monoisotopic (exact) mass is 241 g/mol. The van der Waals surface area contributed by atoms with Crippen molar-refractivity contribution in [1.82, 2.24) is 9.55 Å². The maximum atomic E-state index is 9.38. The Bertz CT molecular complexity index is 640. The van der Waals surface area contributed by atoms with Crippen LogP contribution in [0.25, 0.3) is 11.0 Å². The summed E-state index contributed by atoms with van der Waals surface area (Å²) in [5, 5.41) is 12.7. The molecular weight excluding hydrogens is 226 g/mol. The summed E-state index contributed by atoms with van der Waals surface area (Å²) in [6, 6.07) is 8.02. The highest BCUT2D eigenvalue weighted by Gasteiger charge is 2.09. The van der Waals surface area contributed by atoms with Gasteiger partial charge in [0.2, 0.25) is 5.95 Å². The van der Waals surface area contributed by atoms with Crippen LogP contribution >= 0.6 is 0 Å². The van der Waals surface area contributed by atoms with Gasteiger partial charge in [0.15, 0.2) is 0 Å². The Hall–Kier alpha value is -2.07. The molecule has 18 heavy (non-hydrogen) atoms. The van der Waals surface area contributed by atoms with Crippen LogP contribution in [0.4, 0.5) is 5.95 Å². The number of aliphatic hydroxyl groups is 1. The summed E-state index contributed by atoms with van der Waals surface area (Å²) in [5.41, 5.74) is 3.04. The SMILES string of the molecule is Cn1c(NC2=CCC(O)C=C2)nc2ccccc21. The zero-order chi connectivity index (χ0) is 12.5. The van der Waals surface area contributed by atoms with Crippen molar-refractivity contribution in [2.24, 2.45) is 7.05 Å². The summed E-state index contributed by atoms with van der Waals surface area (Å²) in [7, 11) is 1.99. The van der Waals surface area contributed by atoms with Gasteiger partial charge in [0.1, 0.15) is 0 Å². The van der Waals surface area contributed by atoms with E-state index in [9.17, 15) is 5.11 Å². The summed E-state index contributed by atoms with van der Waals surface area (Å²) >= 11 is 0. The van der Waals surface area contributed by atoms with Gasteiger partial charge in [-0.25, -0.2) is 4.98 Å². The third-order valence-corrected chi connectivity index (χ3v) is 3.12. The van der Waals surface area contributed by atoms with Gasteiger partial charge in [-0.2, -0.15) is 0 Å². The average Bonchev–Trinajstić information content (AvgIpc) is 2.70. The van der Waals surface area contributed by atoms with Gasteiger partial charge in [0, 0.05) is 12.7 Å². The van der Waals surface area contributed by atoms with E-state index in [1.165, 1.54) is 0 Å². The minimum absolute atomic E-state index is 0.365. The quantitative estimate of drug-likeness (QED) is 0.847. The molecule has 1 unspecified atom stereocenters. The predicted molar refractivity (Wildman–Crippen MR) is 72.2 cm³/mol. The number of benzene rings is 1. The Labute approximate surface area is 105 Å². The second kappa shape index (κ2) is 4.31. The summed E-state index contributed by atoms with van der Waals surface area (Å²) < 4.78 is 2.02. The lowest BCUT2D eigenvalue weighted by Crippen LogP contribution is -2.10. The van der Waals surface area contributed by atoms with E-state index in [1.54, 1.807) is 6.08 Å². The summed E-state index contributed by atoms with van der Waals surface area (Å²) in [6.45, 7) is 0. The Balaban J connectivity index is 1.92. The predicted octanol–water partition coefficient (Wildman–Crippen LogP) is 2.19. The molecule has 1 aliphatic rings. The number of anilines is 1. The largest absolute Gasteiger partial charge is 0.389 e. The van der Waals surface area contributed by atoms with Crippen LogP contribution < -0.4 is 5.32 Å². The lowest BCUT2D eigenvalue weighted by atomic mass is 10.1. The number of fused-ring (bicyclic) bond motifs is 1.